The number of rotatable bonds is 0. The van der Waals surface area contributed by atoms with Crippen molar-refractivity contribution in [2.24, 2.45) is 0 Å². The van der Waals surface area contributed by atoms with Crippen molar-refractivity contribution in [3.8, 4) is 0 Å². The molecule has 1 aliphatic heterocycles. The molecular weight excluding hydrogens is 232 g/mol. The van der Waals surface area contributed by atoms with Crippen LogP contribution in [0.5, 0.6) is 0 Å². The van der Waals surface area contributed by atoms with Gasteiger partial charge in [-0.3, -0.25) is 0 Å². The van der Waals surface area contributed by atoms with Gasteiger partial charge in [-0.25, -0.2) is 0 Å². The summed E-state index contributed by atoms with van der Waals surface area (Å²) in [5.41, 5.74) is 0. The molecule has 0 saturated carbocycles. The van der Waals surface area contributed by atoms with Crippen LogP contribution >= 0.6 is 15.9 Å². The number of hydrogen-bond acceptors (Lipinski definition) is 5. The van der Waals surface area contributed by atoms with Crippen LogP contribution in [0.2, 0.25) is 0 Å². The van der Waals surface area contributed by atoms with Crippen LogP contribution in [-0.2, 0) is 4.74 Å². The highest BCUT2D eigenvalue weighted by molar-refractivity contribution is 9.10. The van der Waals surface area contributed by atoms with Crippen molar-refractivity contribution in [1.29, 1.82) is 0 Å². The molecule has 4 N–H and O–H groups in total. The Balaban J connectivity index is 2.78. The highest BCUT2D eigenvalue weighted by Crippen LogP contribution is 2.33. The zero-order chi connectivity index (χ0) is 9.52. The van der Waals surface area contributed by atoms with E-state index in [2.05, 4.69) is 15.9 Å². The maximum absolute atomic E-state index is 9.30. The lowest BCUT2D eigenvalue weighted by Gasteiger charge is -2.41. The minimum Gasteiger partial charge on any atom is -0.387 e. The van der Waals surface area contributed by atoms with Crippen molar-refractivity contribution in [3.63, 3.8) is 0 Å². The average molecular weight is 243 g/mol. The number of alkyl halides is 1. The Morgan fingerprint density at radius 2 is 1.67 bits per heavy atom. The fourth-order valence-electron chi connectivity index (χ4n) is 1.04. The number of halogens is 1. The molecule has 0 amide bonds. The minimum atomic E-state index is -1.49. The van der Waals surface area contributed by atoms with Gasteiger partial charge in [0, 0.05) is 0 Å². The van der Waals surface area contributed by atoms with E-state index in [1.54, 1.807) is 0 Å². The summed E-state index contributed by atoms with van der Waals surface area (Å²) in [7, 11) is 0. The third-order valence-corrected chi connectivity index (χ3v) is 2.50. The summed E-state index contributed by atoms with van der Waals surface area (Å²) in [6, 6.07) is 0. The van der Waals surface area contributed by atoms with Crippen LogP contribution < -0.4 is 0 Å². The molecule has 5 nitrogen and oxygen atoms in total. The normalized spacial score (nSPS) is 55.5. The molecule has 5 atom stereocenters. The average Bonchev–Trinajstić information content (AvgIpc) is 1.97. The van der Waals surface area contributed by atoms with Crippen LogP contribution in [0.15, 0.2) is 0 Å². The molecule has 1 heterocycles. The van der Waals surface area contributed by atoms with Crippen LogP contribution in [0.25, 0.3) is 0 Å². The van der Waals surface area contributed by atoms with Crippen molar-refractivity contribution in [2.45, 2.75) is 36.0 Å². The van der Waals surface area contributed by atoms with Gasteiger partial charge in [0.05, 0.1) is 0 Å². The molecule has 6 heteroatoms. The molecule has 0 aromatic rings. The third kappa shape index (κ3) is 1.63. The van der Waals surface area contributed by atoms with Crippen molar-refractivity contribution >= 4 is 15.9 Å². The highest BCUT2D eigenvalue weighted by Gasteiger charge is 2.48. The lowest BCUT2D eigenvalue weighted by Crippen LogP contribution is -2.60. The predicted octanol–water partition coefficient (Wildman–Crippen LogP) is -1.47. The largest absolute Gasteiger partial charge is 0.387 e. The van der Waals surface area contributed by atoms with Crippen LogP contribution in [0.3, 0.4) is 0 Å². The monoisotopic (exact) mass is 242 g/mol. The first-order chi connectivity index (χ1) is 5.36. The molecule has 1 aliphatic rings. The Morgan fingerprint density at radius 3 is 2.17 bits per heavy atom. The Bertz CT molecular complexity index is 173. The maximum Gasteiger partial charge on any atom is 0.185 e. The first kappa shape index (κ1) is 10.4. The summed E-state index contributed by atoms with van der Waals surface area (Å²) < 4.78 is 3.55. The van der Waals surface area contributed by atoms with E-state index in [0.29, 0.717) is 0 Å². The molecule has 0 spiro atoms. The zero-order valence-electron chi connectivity index (χ0n) is 6.38. The first-order valence-corrected chi connectivity index (χ1v) is 4.24. The van der Waals surface area contributed by atoms with Gasteiger partial charge >= 0.3 is 0 Å². The van der Waals surface area contributed by atoms with Gasteiger partial charge in [-0.05, 0) is 6.92 Å². The molecule has 12 heavy (non-hydrogen) atoms. The minimum absolute atomic E-state index is 1.23. The molecule has 1 rings (SSSR count). The van der Waals surface area contributed by atoms with Gasteiger partial charge in [-0.2, -0.15) is 0 Å². The summed E-state index contributed by atoms with van der Waals surface area (Å²) >= 11 is 2.96. The third-order valence-electron chi connectivity index (χ3n) is 1.85. The Hall–Kier alpha value is 0.280. The van der Waals surface area contributed by atoms with E-state index < -0.39 is 29.1 Å². The summed E-state index contributed by atoms with van der Waals surface area (Å²) in [5, 5.41) is 36.6. The molecule has 1 unspecified atom stereocenters. The molecule has 1 fully saturated rings. The number of hydrogen-bond donors (Lipinski definition) is 4. The molecule has 1 saturated heterocycles. The summed E-state index contributed by atoms with van der Waals surface area (Å²) in [4.78, 5) is 0. The van der Waals surface area contributed by atoms with Gasteiger partial charge in [0.25, 0.3) is 0 Å². The molecule has 0 aromatic heterocycles. The molecule has 0 aromatic carbocycles. The molecule has 0 bridgehead atoms. The van der Waals surface area contributed by atoms with Gasteiger partial charge in [0.15, 0.2) is 10.8 Å². The Morgan fingerprint density at radius 1 is 1.17 bits per heavy atom. The highest BCUT2D eigenvalue weighted by atomic mass is 79.9. The molecule has 0 aliphatic carbocycles. The molecule has 72 valence electrons. The second-order valence-electron chi connectivity index (χ2n) is 2.92. The lowest BCUT2D eigenvalue weighted by atomic mass is 10.0. The van der Waals surface area contributed by atoms with E-state index >= 15 is 0 Å². The number of ether oxygens (including phenoxy) is 1. The van der Waals surface area contributed by atoms with Crippen LogP contribution in [0.4, 0.5) is 0 Å². The SMILES string of the molecule is C[C@@]1(Br)OC(O)[C@@H](O)[C@@H](O)[C@@H]1O. The summed E-state index contributed by atoms with van der Waals surface area (Å²) in [6.07, 6.45) is -5.67. The Kier molecular flexibility index (Phi) is 2.77. The smallest absolute Gasteiger partial charge is 0.185 e. The molecule has 0 radical (unpaired) electrons. The van der Waals surface area contributed by atoms with Crippen LogP contribution in [0.1, 0.15) is 6.92 Å². The van der Waals surface area contributed by atoms with Crippen LogP contribution in [0, 0.1) is 0 Å². The van der Waals surface area contributed by atoms with Gasteiger partial charge < -0.3 is 25.2 Å². The quantitative estimate of drug-likeness (QED) is 0.390. The second-order valence-corrected chi connectivity index (χ2v) is 4.49. The van der Waals surface area contributed by atoms with Crippen molar-refractivity contribution in [1.82, 2.24) is 0 Å². The first-order valence-electron chi connectivity index (χ1n) is 3.45. The predicted molar refractivity (Wildman–Crippen MR) is 42.4 cm³/mol. The Labute approximate surface area is 77.7 Å². The summed E-state index contributed by atoms with van der Waals surface area (Å²) in [5.74, 6) is 0. The van der Waals surface area contributed by atoms with E-state index in [0.717, 1.165) is 0 Å². The van der Waals surface area contributed by atoms with Gasteiger partial charge in [-0.15, -0.1) is 0 Å². The van der Waals surface area contributed by atoms with Crippen molar-refractivity contribution < 1.29 is 25.2 Å². The summed E-state index contributed by atoms with van der Waals surface area (Å²) in [6.45, 7) is 1.44. The van der Waals surface area contributed by atoms with E-state index in [1.165, 1.54) is 6.92 Å². The van der Waals surface area contributed by atoms with E-state index in [4.69, 9.17) is 14.9 Å². The lowest BCUT2D eigenvalue weighted by molar-refractivity contribution is -0.286. The second kappa shape index (κ2) is 3.21. The van der Waals surface area contributed by atoms with E-state index in [9.17, 15) is 10.2 Å². The van der Waals surface area contributed by atoms with E-state index in [-0.39, 0.29) is 0 Å². The fourth-order valence-corrected chi connectivity index (χ4v) is 1.50. The molecular formula is C6H11BrO5. The van der Waals surface area contributed by atoms with Crippen molar-refractivity contribution in [2.75, 3.05) is 0 Å². The topological polar surface area (TPSA) is 90.2 Å². The van der Waals surface area contributed by atoms with E-state index in [1.807, 2.05) is 0 Å². The fraction of sp³-hybridized carbons (Fsp3) is 1.00. The number of aliphatic hydroxyl groups excluding tert-OH is 4. The maximum atomic E-state index is 9.30. The zero-order valence-corrected chi connectivity index (χ0v) is 7.97. The van der Waals surface area contributed by atoms with Crippen molar-refractivity contribution in [3.05, 3.63) is 0 Å². The standard InChI is InChI=1S/C6H11BrO5/c1-6(7)4(10)2(8)3(9)5(11)12-6/h2-5,8-11H,1H3/t2-,3+,4+,5?,6-/m1/s1. The van der Waals surface area contributed by atoms with Gasteiger partial charge in [0.1, 0.15) is 18.3 Å². The van der Waals surface area contributed by atoms with Gasteiger partial charge in [-0.1, -0.05) is 15.9 Å². The van der Waals surface area contributed by atoms with Crippen LogP contribution in [-0.4, -0.2) is 49.5 Å². The van der Waals surface area contributed by atoms with Gasteiger partial charge in [0.2, 0.25) is 0 Å². The number of aliphatic hydroxyl groups is 4.